The lowest BCUT2D eigenvalue weighted by molar-refractivity contribution is -0.122. The van der Waals surface area contributed by atoms with E-state index >= 15 is 0 Å². The first-order chi connectivity index (χ1) is 8.55. The molecule has 18 heavy (non-hydrogen) atoms. The number of methoxy groups -OCH3 is 1. The molecule has 1 aliphatic rings. The Morgan fingerprint density at radius 3 is 2.94 bits per heavy atom. The number of carbonyl (C=O) groups excluding carboxylic acids is 1. The highest BCUT2D eigenvalue weighted by Gasteiger charge is 2.34. The Balaban J connectivity index is 2.05. The smallest absolute Gasteiger partial charge is 0.245 e. The molecule has 1 unspecified atom stereocenters. The first-order valence-corrected chi connectivity index (χ1v) is 6.20. The number of hydrogen-bond donors (Lipinski definition) is 2. The van der Waals surface area contributed by atoms with E-state index in [2.05, 4.69) is 15.7 Å². The lowest BCUT2D eigenvalue weighted by Gasteiger charge is -2.33. The highest BCUT2D eigenvalue weighted by Crippen LogP contribution is 2.22. The molecule has 0 saturated carbocycles. The van der Waals surface area contributed by atoms with Crippen LogP contribution in [0.4, 0.5) is 5.82 Å². The topological polar surface area (TPSA) is 68.2 Å². The molecule has 0 radical (unpaired) electrons. The summed E-state index contributed by atoms with van der Waals surface area (Å²) in [6, 6.07) is 1.71. The Hall–Kier alpha value is -1.56. The number of piperidine rings is 1. The fourth-order valence-corrected chi connectivity index (χ4v) is 2.21. The third kappa shape index (κ3) is 2.48. The molecule has 0 aromatic carbocycles. The van der Waals surface area contributed by atoms with E-state index in [1.54, 1.807) is 24.9 Å². The van der Waals surface area contributed by atoms with Crippen molar-refractivity contribution in [1.29, 1.82) is 0 Å². The SMILES string of the molecule is COc1cc(NC(=O)C2(C)CCCCN2)nn1C. The fraction of sp³-hybridized carbons (Fsp3) is 0.667. The first kappa shape index (κ1) is 12.9. The van der Waals surface area contributed by atoms with Gasteiger partial charge in [0, 0.05) is 13.1 Å². The minimum Gasteiger partial charge on any atom is -0.481 e. The molecule has 1 fully saturated rings. The third-order valence-electron chi connectivity index (χ3n) is 3.41. The minimum absolute atomic E-state index is 0.0389. The molecule has 6 heteroatoms. The van der Waals surface area contributed by atoms with Crippen molar-refractivity contribution in [2.24, 2.45) is 7.05 Å². The van der Waals surface area contributed by atoms with E-state index in [4.69, 9.17) is 4.74 Å². The van der Waals surface area contributed by atoms with Crippen LogP contribution in [0.5, 0.6) is 5.88 Å². The van der Waals surface area contributed by atoms with Gasteiger partial charge in [0.1, 0.15) is 0 Å². The van der Waals surface area contributed by atoms with Crippen molar-refractivity contribution in [1.82, 2.24) is 15.1 Å². The van der Waals surface area contributed by atoms with Crippen LogP contribution in [0.15, 0.2) is 6.07 Å². The summed E-state index contributed by atoms with van der Waals surface area (Å²) >= 11 is 0. The van der Waals surface area contributed by atoms with Crippen molar-refractivity contribution in [2.45, 2.75) is 31.7 Å². The summed E-state index contributed by atoms with van der Waals surface area (Å²) in [6.07, 6.45) is 3.05. The molecule has 1 amide bonds. The predicted molar refractivity (Wildman–Crippen MR) is 68.6 cm³/mol. The quantitative estimate of drug-likeness (QED) is 0.838. The van der Waals surface area contributed by atoms with E-state index in [0.717, 1.165) is 25.8 Å². The molecule has 100 valence electrons. The number of ether oxygens (including phenoxy) is 1. The highest BCUT2D eigenvalue weighted by atomic mass is 16.5. The second kappa shape index (κ2) is 4.97. The van der Waals surface area contributed by atoms with E-state index in [1.807, 2.05) is 6.92 Å². The van der Waals surface area contributed by atoms with E-state index < -0.39 is 5.54 Å². The average molecular weight is 252 g/mol. The van der Waals surface area contributed by atoms with Gasteiger partial charge in [-0.15, -0.1) is 0 Å². The van der Waals surface area contributed by atoms with Crippen molar-refractivity contribution in [3.8, 4) is 5.88 Å². The van der Waals surface area contributed by atoms with Crippen LogP contribution < -0.4 is 15.4 Å². The molecule has 0 spiro atoms. The first-order valence-electron chi connectivity index (χ1n) is 6.20. The second-order valence-corrected chi connectivity index (χ2v) is 4.87. The predicted octanol–water partition coefficient (Wildman–Crippen LogP) is 0.899. The molecule has 2 N–H and O–H groups in total. The van der Waals surface area contributed by atoms with Gasteiger partial charge in [0.15, 0.2) is 5.82 Å². The maximum Gasteiger partial charge on any atom is 0.245 e. The third-order valence-corrected chi connectivity index (χ3v) is 3.41. The Labute approximate surface area is 107 Å². The number of carbonyl (C=O) groups is 1. The zero-order valence-electron chi connectivity index (χ0n) is 11.1. The Bertz CT molecular complexity index is 435. The molecule has 0 bridgehead atoms. The van der Waals surface area contributed by atoms with Crippen LogP contribution in [-0.4, -0.2) is 34.9 Å². The summed E-state index contributed by atoms with van der Waals surface area (Å²) in [4.78, 5) is 12.2. The van der Waals surface area contributed by atoms with Gasteiger partial charge in [-0.1, -0.05) is 0 Å². The van der Waals surface area contributed by atoms with Crippen LogP contribution in [0.3, 0.4) is 0 Å². The molecule has 1 atom stereocenters. The number of amides is 1. The lowest BCUT2D eigenvalue weighted by Crippen LogP contribution is -2.54. The number of aryl methyl sites for hydroxylation is 1. The van der Waals surface area contributed by atoms with Crippen LogP contribution in [-0.2, 0) is 11.8 Å². The van der Waals surface area contributed by atoms with Crippen molar-refractivity contribution < 1.29 is 9.53 Å². The second-order valence-electron chi connectivity index (χ2n) is 4.87. The maximum atomic E-state index is 12.2. The van der Waals surface area contributed by atoms with Gasteiger partial charge in [-0.2, -0.15) is 5.10 Å². The molecule has 1 aromatic rings. The molecule has 1 saturated heterocycles. The van der Waals surface area contributed by atoms with Crippen molar-refractivity contribution in [3.05, 3.63) is 6.07 Å². The number of aromatic nitrogens is 2. The van der Waals surface area contributed by atoms with E-state index in [9.17, 15) is 4.79 Å². The van der Waals surface area contributed by atoms with Gasteiger partial charge < -0.3 is 15.4 Å². The maximum absolute atomic E-state index is 12.2. The van der Waals surface area contributed by atoms with Crippen molar-refractivity contribution in [3.63, 3.8) is 0 Å². The number of nitrogens with zero attached hydrogens (tertiary/aromatic N) is 2. The van der Waals surface area contributed by atoms with Crippen LogP contribution in [0, 0.1) is 0 Å². The van der Waals surface area contributed by atoms with E-state index in [1.165, 1.54) is 0 Å². The van der Waals surface area contributed by atoms with Crippen LogP contribution in [0.1, 0.15) is 26.2 Å². The molecule has 2 rings (SSSR count). The summed E-state index contributed by atoms with van der Waals surface area (Å²) in [6.45, 7) is 2.82. The average Bonchev–Trinajstić information content (AvgIpc) is 2.70. The van der Waals surface area contributed by atoms with Crippen LogP contribution in [0.2, 0.25) is 0 Å². The zero-order chi connectivity index (χ0) is 13.2. The standard InChI is InChI=1S/C12H20N4O2/c1-12(6-4-5-7-13-12)11(17)14-9-8-10(18-3)16(2)15-9/h8,13H,4-7H2,1-3H3,(H,14,15,17). The number of anilines is 1. The number of nitrogens with one attached hydrogen (secondary N) is 2. The number of hydrogen-bond acceptors (Lipinski definition) is 4. The van der Waals surface area contributed by atoms with Crippen molar-refractivity contribution in [2.75, 3.05) is 19.0 Å². The fourth-order valence-electron chi connectivity index (χ4n) is 2.21. The molecular formula is C12H20N4O2. The normalized spacial score (nSPS) is 23.7. The van der Waals surface area contributed by atoms with E-state index in [-0.39, 0.29) is 5.91 Å². The van der Waals surface area contributed by atoms with Crippen LogP contribution >= 0.6 is 0 Å². The van der Waals surface area contributed by atoms with Gasteiger partial charge in [-0.3, -0.25) is 4.79 Å². The van der Waals surface area contributed by atoms with E-state index in [0.29, 0.717) is 11.7 Å². The molecule has 2 heterocycles. The van der Waals surface area contributed by atoms with Gasteiger partial charge in [-0.25, -0.2) is 4.68 Å². The van der Waals surface area contributed by atoms with Gasteiger partial charge in [-0.05, 0) is 32.7 Å². The monoisotopic (exact) mass is 252 g/mol. The van der Waals surface area contributed by atoms with Crippen molar-refractivity contribution >= 4 is 11.7 Å². The molecule has 1 aliphatic heterocycles. The van der Waals surface area contributed by atoms with Gasteiger partial charge in [0.25, 0.3) is 0 Å². The van der Waals surface area contributed by atoms with Gasteiger partial charge in [0.05, 0.1) is 12.6 Å². The highest BCUT2D eigenvalue weighted by molar-refractivity contribution is 5.97. The minimum atomic E-state index is -0.497. The molecule has 0 aliphatic carbocycles. The summed E-state index contributed by atoms with van der Waals surface area (Å²) in [7, 11) is 3.35. The summed E-state index contributed by atoms with van der Waals surface area (Å²) in [5, 5.41) is 10.3. The molecular weight excluding hydrogens is 232 g/mol. The molecule has 6 nitrogen and oxygen atoms in total. The Morgan fingerprint density at radius 1 is 1.61 bits per heavy atom. The summed E-state index contributed by atoms with van der Waals surface area (Å²) < 4.78 is 6.70. The molecule has 1 aromatic heterocycles. The van der Waals surface area contributed by atoms with Crippen LogP contribution in [0.25, 0.3) is 0 Å². The number of rotatable bonds is 3. The Kier molecular flexibility index (Phi) is 3.56. The summed E-state index contributed by atoms with van der Waals surface area (Å²) in [5.41, 5.74) is -0.497. The largest absolute Gasteiger partial charge is 0.481 e. The van der Waals surface area contributed by atoms with Gasteiger partial charge >= 0.3 is 0 Å². The summed E-state index contributed by atoms with van der Waals surface area (Å²) in [5.74, 6) is 1.10. The zero-order valence-corrected chi connectivity index (χ0v) is 11.1. The Morgan fingerprint density at radius 2 is 2.39 bits per heavy atom. The lowest BCUT2D eigenvalue weighted by atomic mass is 9.90. The van der Waals surface area contributed by atoms with Gasteiger partial charge in [0.2, 0.25) is 11.8 Å².